The second-order valence-electron chi connectivity index (χ2n) is 3.73. The van der Waals surface area contributed by atoms with Crippen molar-refractivity contribution in [1.29, 1.82) is 0 Å². The van der Waals surface area contributed by atoms with E-state index >= 15 is 0 Å². The minimum atomic E-state index is 0.769. The number of hydrogen-bond acceptors (Lipinski definition) is 2. The van der Waals surface area contributed by atoms with Crippen molar-refractivity contribution < 1.29 is 0 Å². The third-order valence-electron chi connectivity index (χ3n) is 2.42. The molecule has 1 fully saturated rings. The fourth-order valence-corrected chi connectivity index (χ4v) is 1.86. The lowest BCUT2D eigenvalue weighted by atomic mass is 10.1. The predicted octanol–water partition coefficient (Wildman–Crippen LogP) is 0.498. The van der Waals surface area contributed by atoms with E-state index in [0.717, 1.165) is 12.0 Å². The van der Waals surface area contributed by atoms with Crippen molar-refractivity contribution in [2.75, 3.05) is 34.2 Å². The molecule has 1 heterocycles. The SMILES string of the molecule is C[C@@H]1CN(C)C[C@H]1N(C)C. The van der Waals surface area contributed by atoms with E-state index < -0.39 is 0 Å². The summed E-state index contributed by atoms with van der Waals surface area (Å²) in [5, 5.41) is 0. The van der Waals surface area contributed by atoms with Gasteiger partial charge in [-0.2, -0.15) is 0 Å². The quantitative estimate of drug-likeness (QED) is 0.526. The van der Waals surface area contributed by atoms with Crippen molar-refractivity contribution in [3.05, 3.63) is 0 Å². The molecule has 0 unspecified atom stereocenters. The minimum Gasteiger partial charge on any atom is -0.305 e. The molecule has 0 spiro atoms. The van der Waals surface area contributed by atoms with Crippen LogP contribution in [0.1, 0.15) is 6.92 Å². The summed E-state index contributed by atoms with van der Waals surface area (Å²) >= 11 is 0. The molecule has 0 N–H and O–H groups in total. The smallest absolute Gasteiger partial charge is 0.0254 e. The Labute approximate surface area is 63.8 Å². The van der Waals surface area contributed by atoms with Gasteiger partial charge in [-0.1, -0.05) is 6.92 Å². The predicted molar refractivity (Wildman–Crippen MR) is 44.1 cm³/mol. The Kier molecular flexibility index (Phi) is 2.32. The first-order chi connectivity index (χ1) is 4.61. The van der Waals surface area contributed by atoms with Gasteiger partial charge in [-0.25, -0.2) is 0 Å². The van der Waals surface area contributed by atoms with Gasteiger partial charge in [0.25, 0.3) is 0 Å². The van der Waals surface area contributed by atoms with E-state index in [2.05, 4.69) is 37.9 Å². The topological polar surface area (TPSA) is 6.48 Å². The molecule has 10 heavy (non-hydrogen) atoms. The Bertz CT molecular complexity index is 112. The largest absolute Gasteiger partial charge is 0.305 e. The summed E-state index contributed by atoms with van der Waals surface area (Å²) in [5.41, 5.74) is 0. The molecule has 2 heteroatoms. The van der Waals surface area contributed by atoms with E-state index in [1.807, 2.05) is 0 Å². The van der Waals surface area contributed by atoms with Crippen LogP contribution in [0.2, 0.25) is 0 Å². The van der Waals surface area contributed by atoms with Crippen LogP contribution in [0.15, 0.2) is 0 Å². The average Bonchev–Trinajstić information content (AvgIpc) is 2.10. The fourth-order valence-electron chi connectivity index (χ4n) is 1.86. The number of likely N-dealkylation sites (N-methyl/N-ethyl adjacent to an activating group) is 2. The molecule has 2 atom stereocenters. The molecule has 0 aromatic heterocycles. The molecule has 0 amide bonds. The van der Waals surface area contributed by atoms with Crippen LogP contribution in [0.3, 0.4) is 0 Å². The van der Waals surface area contributed by atoms with E-state index in [4.69, 9.17) is 0 Å². The van der Waals surface area contributed by atoms with Gasteiger partial charge in [0.2, 0.25) is 0 Å². The van der Waals surface area contributed by atoms with Crippen LogP contribution in [0, 0.1) is 5.92 Å². The van der Waals surface area contributed by atoms with Crippen molar-refractivity contribution in [3.63, 3.8) is 0 Å². The van der Waals surface area contributed by atoms with Gasteiger partial charge in [0.15, 0.2) is 0 Å². The standard InChI is InChI=1S/C8H18N2/c1-7-5-10(4)6-8(7)9(2)3/h7-8H,5-6H2,1-4H3/t7-,8-/m1/s1. The lowest BCUT2D eigenvalue weighted by molar-refractivity contribution is 0.259. The highest BCUT2D eigenvalue weighted by atomic mass is 15.2. The van der Waals surface area contributed by atoms with Crippen LogP contribution in [0.5, 0.6) is 0 Å². The van der Waals surface area contributed by atoms with Gasteiger partial charge in [0, 0.05) is 19.1 Å². The Hall–Kier alpha value is -0.0800. The van der Waals surface area contributed by atoms with Crippen LogP contribution in [0.4, 0.5) is 0 Å². The molecule has 0 aromatic carbocycles. The number of hydrogen-bond donors (Lipinski definition) is 0. The monoisotopic (exact) mass is 142 g/mol. The van der Waals surface area contributed by atoms with E-state index in [1.165, 1.54) is 13.1 Å². The van der Waals surface area contributed by atoms with Crippen LogP contribution in [0.25, 0.3) is 0 Å². The summed E-state index contributed by atoms with van der Waals surface area (Å²) in [5.74, 6) is 0.833. The maximum atomic E-state index is 2.40. The van der Waals surface area contributed by atoms with E-state index in [9.17, 15) is 0 Å². The first kappa shape index (κ1) is 8.02. The Morgan fingerprint density at radius 3 is 2.10 bits per heavy atom. The minimum absolute atomic E-state index is 0.769. The van der Waals surface area contributed by atoms with Crippen LogP contribution < -0.4 is 0 Å². The third kappa shape index (κ3) is 1.50. The molecule has 1 rings (SSSR count). The molecule has 0 aromatic rings. The summed E-state index contributed by atoms with van der Waals surface area (Å²) in [4.78, 5) is 4.73. The molecule has 0 radical (unpaired) electrons. The summed E-state index contributed by atoms with van der Waals surface area (Å²) in [6, 6.07) is 0.769. The molecule has 0 saturated carbocycles. The van der Waals surface area contributed by atoms with E-state index in [1.54, 1.807) is 0 Å². The van der Waals surface area contributed by atoms with Crippen molar-refractivity contribution in [1.82, 2.24) is 9.80 Å². The summed E-state index contributed by atoms with van der Waals surface area (Å²) in [7, 11) is 6.53. The normalized spacial score (nSPS) is 35.7. The molecular formula is C8H18N2. The highest BCUT2D eigenvalue weighted by Crippen LogP contribution is 2.17. The summed E-state index contributed by atoms with van der Waals surface area (Å²) in [6.07, 6.45) is 0. The zero-order valence-corrected chi connectivity index (χ0v) is 7.46. The van der Waals surface area contributed by atoms with Crippen molar-refractivity contribution in [3.8, 4) is 0 Å². The van der Waals surface area contributed by atoms with Gasteiger partial charge in [-0.3, -0.25) is 0 Å². The second-order valence-corrected chi connectivity index (χ2v) is 3.73. The first-order valence-corrected chi connectivity index (χ1v) is 3.96. The Morgan fingerprint density at radius 2 is 1.90 bits per heavy atom. The van der Waals surface area contributed by atoms with Gasteiger partial charge in [-0.05, 0) is 27.1 Å². The molecule has 1 aliphatic rings. The highest BCUT2D eigenvalue weighted by molar-refractivity contribution is 4.84. The maximum absolute atomic E-state index is 2.40. The lowest BCUT2D eigenvalue weighted by Gasteiger charge is -2.22. The Balaban J connectivity index is 2.46. The first-order valence-electron chi connectivity index (χ1n) is 3.96. The zero-order chi connectivity index (χ0) is 7.72. The molecule has 0 aliphatic carbocycles. The van der Waals surface area contributed by atoms with Crippen molar-refractivity contribution in [2.45, 2.75) is 13.0 Å². The maximum Gasteiger partial charge on any atom is 0.0254 e. The van der Waals surface area contributed by atoms with Crippen LogP contribution in [-0.2, 0) is 0 Å². The molecule has 1 aliphatic heterocycles. The second kappa shape index (κ2) is 2.89. The van der Waals surface area contributed by atoms with Gasteiger partial charge >= 0.3 is 0 Å². The fraction of sp³-hybridized carbons (Fsp3) is 1.00. The zero-order valence-electron chi connectivity index (χ0n) is 7.46. The van der Waals surface area contributed by atoms with Crippen LogP contribution in [-0.4, -0.2) is 50.1 Å². The van der Waals surface area contributed by atoms with Crippen LogP contribution >= 0.6 is 0 Å². The van der Waals surface area contributed by atoms with E-state index in [0.29, 0.717) is 0 Å². The van der Waals surface area contributed by atoms with Gasteiger partial charge < -0.3 is 9.80 Å². The number of likely N-dealkylation sites (tertiary alicyclic amines) is 1. The number of nitrogens with zero attached hydrogens (tertiary/aromatic N) is 2. The summed E-state index contributed by atoms with van der Waals surface area (Å²) in [6.45, 7) is 4.81. The van der Waals surface area contributed by atoms with Gasteiger partial charge in [0.05, 0.1) is 0 Å². The van der Waals surface area contributed by atoms with Crippen molar-refractivity contribution in [2.24, 2.45) is 5.92 Å². The molecule has 1 saturated heterocycles. The molecule has 0 bridgehead atoms. The van der Waals surface area contributed by atoms with Gasteiger partial charge in [-0.15, -0.1) is 0 Å². The molecule has 60 valence electrons. The van der Waals surface area contributed by atoms with E-state index in [-0.39, 0.29) is 0 Å². The highest BCUT2D eigenvalue weighted by Gasteiger charge is 2.28. The third-order valence-corrected chi connectivity index (χ3v) is 2.42. The summed E-state index contributed by atoms with van der Waals surface area (Å²) < 4.78 is 0. The Morgan fingerprint density at radius 1 is 1.30 bits per heavy atom. The van der Waals surface area contributed by atoms with Crippen molar-refractivity contribution >= 4 is 0 Å². The number of rotatable bonds is 1. The lowest BCUT2D eigenvalue weighted by Crippen LogP contribution is -2.33. The molecular weight excluding hydrogens is 124 g/mol. The average molecular weight is 142 g/mol. The molecule has 2 nitrogen and oxygen atoms in total. The van der Waals surface area contributed by atoms with Gasteiger partial charge in [0.1, 0.15) is 0 Å².